The minimum atomic E-state index is 0.0758. The van der Waals surface area contributed by atoms with Gasteiger partial charge in [0.25, 0.3) is 0 Å². The molecule has 0 aliphatic heterocycles. The van der Waals surface area contributed by atoms with Crippen molar-refractivity contribution in [3.05, 3.63) is 35.4 Å². The molecule has 14 heavy (non-hydrogen) atoms. The highest BCUT2D eigenvalue weighted by Gasteiger charge is 2.19. The maximum atomic E-state index is 5.96. The van der Waals surface area contributed by atoms with Crippen molar-refractivity contribution in [3.8, 4) is 0 Å². The fraction of sp³-hybridized carbons (Fsp3) is 0.538. The average molecular weight is 211 g/mol. The molecule has 1 heteroatoms. The van der Waals surface area contributed by atoms with E-state index in [0.717, 1.165) is 0 Å². The largest absolute Gasteiger partial charge is 0.126 e. The molecule has 0 N–H and O–H groups in total. The molecule has 1 aromatic rings. The van der Waals surface area contributed by atoms with E-state index in [0.29, 0.717) is 11.8 Å². The summed E-state index contributed by atoms with van der Waals surface area (Å²) in [7, 11) is 0. The van der Waals surface area contributed by atoms with Crippen molar-refractivity contribution in [3.63, 3.8) is 0 Å². The van der Waals surface area contributed by atoms with Crippen molar-refractivity contribution >= 4 is 11.6 Å². The lowest BCUT2D eigenvalue weighted by atomic mass is 9.85. The fourth-order valence-electron chi connectivity index (χ4n) is 1.40. The molecule has 0 aliphatic carbocycles. The van der Waals surface area contributed by atoms with Crippen LogP contribution in [0.4, 0.5) is 0 Å². The summed E-state index contributed by atoms with van der Waals surface area (Å²) in [4.78, 5) is 0. The van der Waals surface area contributed by atoms with Crippen molar-refractivity contribution in [2.75, 3.05) is 5.88 Å². The molecule has 0 atom stereocenters. The summed E-state index contributed by atoms with van der Waals surface area (Å²) in [6.45, 7) is 8.79. The van der Waals surface area contributed by atoms with Crippen molar-refractivity contribution < 1.29 is 0 Å². The van der Waals surface area contributed by atoms with Crippen molar-refractivity contribution in [1.82, 2.24) is 0 Å². The lowest BCUT2D eigenvalue weighted by Gasteiger charge is -2.23. The summed E-state index contributed by atoms with van der Waals surface area (Å²) in [6, 6.07) is 8.73. The Balaban J connectivity index is 3.05. The summed E-state index contributed by atoms with van der Waals surface area (Å²) in [5.74, 6) is 1.25. The lowest BCUT2D eigenvalue weighted by molar-refractivity contribution is 0.596. The maximum Gasteiger partial charge on any atom is 0.0315 e. The molecule has 0 saturated carbocycles. The minimum Gasteiger partial charge on any atom is -0.126 e. The van der Waals surface area contributed by atoms with Crippen LogP contribution in [-0.4, -0.2) is 5.88 Å². The second-order valence-corrected chi connectivity index (χ2v) is 5.06. The maximum absolute atomic E-state index is 5.96. The second-order valence-electron chi connectivity index (χ2n) is 4.80. The summed E-state index contributed by atoms with van der Waals surface area (Å²) in [5, 5.41) is 0. The van der Waals surface area contributed by atoms with E-state index in [1.165, 1.54) is 11.1 Å². The zero-order valence-corrected chi connectivity index (χ0v) is 10.2. The standard InChI is InChI=1S/C13H19Cl/c1-10(2)11-6-5-7-12(8-11)13(3,4)9-14/h5-8,10H,9H2,1-4H3. The molecule has 0 radical (unpaired) electrons. The molecule has 0 heterocycles. The van der Waals surface area contributed by atoms with E-state index in [9.17, 15) is 0 Å². The number of benzene rings is 1. The number of hydrogen-bond acceptors (Lipinski definition) is 0. The fourth-order valence-corrected chi connectivity index (χ4v) is 1.55. The Bertz CT molecular complexity index is 300. The zero-order valence-electron chi connectivity index (χ0n) is 9.47. The molecule has 0 spiro atoms. The first-order chi connectivity index (χ1) is 6.47. The van der Waals surface area contributed by atoms with E-state index >= 15 is 0 Å². The van der Waals surface area contributed by atoms with Crippen LogP contribution >= 0.6 is 11.6 Å². The second kappa shape index (κ2) is 4.35. The van der Waals surface area contributed by atoms with Crippen LogP contribution in [0.3, 0.4) is 0 Å². The third-order valence-corrected chi connectivity index (χ3v) is 3.34. The van der Waals surface area contributed by atoms with Gasteiger partial charge in [0.05, 0.1) is 0 Å². The summed E-state index contributed by atoms with van der Waals surface area (Å²) >= 11 is 5.96. The Kier molecular flexibility index (Phi) is 3.60. The van der Waals surface area contributed by atoms with Gasteiger partial charge in [0.2, 0.25) is 0 Å². The van der Waals surface area contributed by atoms with Gasteiger partial charge in [-0.1, -0.05) is 52.0 Å². The monoisotopic (exact) mass is 210 g/mol. The van der Waals surface area contributed by atoms with Gasteiger partial charge >= 0.3 is 0 Å². The Morgan fingerprint density at radius 2 is 1.93 bits per heavy atom. The van der Waals surface area contributed by atoms with Crippen LogP contribution in [0.5, 0.6) is 0 Å². The zero-order chi connectivity index (χ0) is 10.8. The van der Waals surface area contributed by atoms with Crippen molar-refractivity contribution in [1.29, 1.82) is 0 Å². The SMILES string of the molecule is CC(C)c1cccc(C(C)(C)CCl)c1. The van der Waals surface area contributed by atoms with Gasteiger partial charge in [-0.2, -0.15) is 0 Å². The summed E-state index contributed by atoms with van der Waals surface area (Å²) < 4.78 is 0. The number of hydrogen-bond donors (Lipinski definition) is 0. The predicted octanol–water partition coefficient (Wildman–Crippen LogP) is 4.33. The van der Waals surface area contributed by atoms with Gasteiger partial charge < -0.3 is 0 Å². The molecule has 0 aliphatic rings. The molecule has 78 valence electrons. The molecule has 0 unspecified atom stereocenters. The first kappa shape index (κ1) is 11.6. The Morgan fingerprint density at radius 3 is 2.43 bits per heavy atom. The first-order valence-electron chi connectivity index (χ1n) is 5.14. The lowest BCUT2D eigenvalue weighted by Crippen LogP contribution is -2.19. The molecule has 0 nitrogen and oxygen atoms in total. The van der Waals surface area contributed by atoms with Crippen LogP contribution in [0.15, 0.2) is 24.3 Å². The minimum absolute atomic E-state index is 0.0758. The highest BCUT2D eigenvalue weighted by atomic mass is 35.5. The Hall–Kier alpha value is -0.490. The van der Waals surface area contributed by atoms with Crippen molar-refractivity contribution in [2.45, 2.75) is 39.0 Å². The van der Waals surface area contributed by atoms with Gasteiger partial charge in [-0.3, -0.25) is 0 Å². The first-order valence-corrected chi connectivity index (χ1v) is 5.67. The van der Waals surface area contributed by atoms with Crippen LogP contribution in [0, 0.1) is 0 Å². The van der Waals surface area contributed by atoms with Gasteiger partial charge in [-0.05, 0) is 17.0 Å². The molecular formula is C13H19Cl. The van der Waals surface area contributed by atoms with Gasteiger partial charge in [-0.15, -0.1) is 11.6 Å². The van der Waals surface area contributed by atoms with E-state index in [1.54, 1.807) is 0 Å². The van der Waals surface area contributed by atoms with E-state index in [1.807, 2.05) is 0 Å². The van der Waals surface area contributed by atoms with E-state index < -0.39 is 0 Å². The Labute approximate surface area is 92.3 Å². The smallest absolute Gasteiger partial charge is 0.0315 e. The average Bonchev–Trinajstić information content (AvgIpc) is 2.18. The molecule has 0 fully saturated rings. The van der Waals surface area contributed by atoms with E-state index in [-0.39, 0.29) is 5.41 Å². The van der Waals surface area contributed by atoms with Gasteiger partial charge in [0, 0.05) is 11.3 Å². The number of alkyl halides is 1. The van der Waals surface area contributed by atoms with Gasteiger partial charge in [0.1, 0.15) is 0 Å². The molecule has 0 saturated heterocycles. The molecule has 1 aromatic carbocycles. The normalized spacial score (nSPS) is 12.1. The van der Waals surface area contributed by atoms with Gasteiger partial charge in [0.15, 0.2) is 0 Å². The van der Waals surface area contributed by atoms with E-state index in [4.69, 9.17) is 11.6 Å². The van der Waals surface area contributed by atoms with Crippen LogP contribution < -0.4 is 0 Å². The van der Waals surface area contributed by atoms with Crippen molar-refractivity contribution in [2.24, 2.45) is 0 Å². The molecule has 0 aromatic heterocycles. The molecular weight excluding hydrogens is 192 g/mol. The molecule has 0 amide bonds. The molecule has 0 bridgehead atoms. The topological polar surface area (TPSA) is 0 Å². The highest BCUT2D eigenvalue weighted by Crippen LogP contribution is 2.27. The van der Waals surface area contributed by atoms with Crippen LogP contribution in [0.1, 0.15) is 44.7 Å². The molecule has 1 rings (SSSR count). The van der Waals surface area contributed by atoms with E-state index in [2.05, 4.69) is 52.0 Å². The number of halogens is 1. The van der Waals surface area contributed by atoms with Crippen LogP contribution in [0.2, 0.25) is 0 Å². The third kappa shape index (κ3) is 2.51. The van der Waals surface area contributed by atoms with Crippen LogP contribution in [0.25, 0.3) is 0 Å². The third-order valence-electron chi connectivity index (χ3n) is 2.67. The summed E-state index contributed by atoms with van der Waals surface area (Å²) in [6.07, 6.45) is 0. The van der Waals surface area contributed by atoms with Gasteiger partial charge in [-0.25, -0.2) is 0 Å². The summed E-state index contributed by atoms with van der Waals surface area (Å²) in [5.41, 5.74) is 2.80. The van der Waals surface area contributed by atoms with Crippen LogP contribution in [-0.2, 0) is 5.41 Å². The quantitative estimate of drug-likeness (QED) is 0.652. The highest BCUT2D eigenvalue weighted by molar-refractivity contribution is 6.18. The predicted molar refractivity (Wildman–Crippen MR) is 64.3 cm³/mol. The Morgan fingerprint density at radius 1 is 1.29 bits per heavy atom. The number of rotatable bonds is 3.